The normalized spacial score (nSPS) is 13.2. The lowest BCUT2D eigenvalue weighted by Gasteiger charge is -2.21. The van der Waals surface area contributed by atoms with E-state index in [1.54, 1.807) is 31.2 Å². The molecule has 0 bridgehead atoms. The van der Waals surface area contributed by atoms with Crippen molar-refractivity contribution in [2.45, 2.75) is 24.1 Å². The lowest BCUT2D eigenvalue weighted by atomic mass is 10.0. The van der Waals surface area contributed by atoms with Crippen molar-refractivity contribution in [1.82, 2.24) is 0 Å². The van der Waals surface area contributed by atoms with Gasteiger partial charge in [0, 0.05) is 5.39 Å². The topological polar surface area (TPSA) is 43.4 Å². The molecule has 0 heterocycles. The molecule has 1 unspecified atom stereocenters. The molecule has 4 aromatic carbocycles. The summed E-state index contributed by atoms with van der Waals surface area (Å²) < 4.78 is 72.3. The fraction of sp³-hybridized carbons (Fsp3) is 0.120. The Morgan fingerprint density at radius 3 is 1.97 bits per heavy atom. The van der Waals surface area contributed by atoms with Gasteiger partial charge in [-0.05, 0) is 40.6 Å². The average molecular weight is 456 g/mol. The summed E-state index contributed by atoms with van der Waals surface area (Å²) in [4.78, 5) is -0.297. The maximum atomic E-state index is 13.9. The molecule has 0 aromatic heterocycles. The van der Waals surface area contributed by atoms with E-state index in [2.05, 4.69) is 0 Å². The van der Waals surface area contributed by atoms with Crippen molar-refractivity contribution in [3.8, 4) is 11.1 Å². The fourth-order valence-electron chi connectivity index (χ4n) is 3.61. The van der Waals surface area contributed by atoms with Crippen LogP contribution in [0.4, 0.5) is 13.2 Å². The molecule has 0 fully saturated rings. The summed E-state index contributed by atoms with van der Waals surface area (Å²) >= 11 is 0. The highest BCUT2D eigenvalue weighted by Gasteiger charge is 2.45. The predicted molar refractivity (Wildman–Crippen MR) is 118 cm³/mol. The van der Waals surface area contributed by atoms with E-state index in [9.17, 15) is 21.6 Å². The lowest BCUT2D eigenvalue weighted by Crippen LogP contribution is -2.26. The molecule has 0 N–H and O–H groups in total. The first-order chi connectivity index (χ1) is 15.2. The van der Waals surface area contributed by atoms with Crippen molar-refractivity contribution < 1.29 is 25.8 Å². The van der Waals surface area contributed by atoms with Gasteiger partial charge in [0.05, 0.1) is 0 Å². The second-order valence-corrected chi connectivity index (χ2v) is 8.93. The number of hydrogen-bond acceptors (Lipinski definition) is 3. The molecule has 0 aliphatic rings. The molecule has 0 aliphatic heterocycles. The summed E-state index contributed by atoms with van der Waals surface area (Å²) in [5.41, 5.74) is 2.06. The number of benzene rings is 4. The van der Waals surface area contributed by atoms with E-state index in [1.807, 2.05) is 30.3 Å². The van der Waals surface area contributed by atoms with E-state index < -0.39 is 22.4 Å². The van der Waals surface area contributed by atoms with Crippen molar-refractivity contribution in [3.05, 3.63) is 102 Å². The van der Waals surface area contributed by atoms with Crippen molar-refractivity contribution in [2.75, 3.05) is 0 Å². The summed E-state index contributed by atoms with van der Waals surface area (Å²) in [6, 6.07) is 24.1. The van der Waals surface area contributed by atoms with E-state index in [0.717, 1.165) is 11.1 Å². The Morgan fingerprint density at radius 1 is 0.719 bits per heavy atom. The van der Waals surface area contributed by atoms with E-state index in [1.165, 1.54) is 36.4 Å². The van der Waals surface area contributed by atoms with Gasteiger partial charge in [0.25, 0.3) is 10.1 Å². The maximum Gasteiger partial charge on any atom is 0.420 e. The van der Waals surface area contributed by atoms with Crippen LogP contribution >= 0.6 is 0 Å². The van der Waals surface area contributed by atoms with E-state index in [-0.39, 0.29) is 10.5 Å². The summed E-state index contributed by atoms with van der Waals surface area (Å²) in [5, 5.41) is 0.945. The van der Waals surface area contributed by atoms with E-state index >= 15 is 0 Å². The van der Waals surface area contributed by atoms with E-state index in [0.29, 0.717) is 16.3 Å². The third-order valence-electron chi connectivity index (χ3n) is 5.21. The molecule has 32 heavy (non-hydrogen) atoms. The quantitative estimate of drug-likeness (QED) is 0.309. The SMILES string of the molecule is Cc1cccc2c(S(=O)(=O)OC(c3ccc(-c4ccccc4)cc3)C(F)(F)F)cccc12. The predicted octanol–water partition coefficient (Wildman–Crippen LogP) is 6.82. The van der Waals surface area contributed by atoms with Gasteiger partial charge in [-0.2, -0.15) is 21.6 Å². The molecule has 4 aromatic rings. The minimum Gasteiger partial charge on any atom is -0.248 e. The van der Waals surface area contributed by atoms with Crippen LogP contribution in [0.1, 0.15) is 17.2 Å². The van der Waals surface area contributed by atoms with Gasteiger partial charge in [0.15, 0.2) is 6.10 Å². The summed E-state index contributed by atoms with van der Waals surface area (Å²) in [6.07, 6.45) is -7.56. The van der Waals surface area contributed by atoms with Crippen molar-refractivity contribution in [1.29, 1.82) is 0 Å². The van der Waals surface area contributed by atoms with Crippen LogP contribution in [0, 0.1) is 6.92 Å². The molecule has 0 radical (unpaired) electrons. The van der Waals surface area contributed by atoms with Crippen LogP contribution in [0.3, 0.4) is 0 Å². The van der Waals surface area contributed by atoms with Crippen molar-refractivity contribution in [2.24, 2.45) is 0 Å². The zero-order valence-corrected chi connectivity index (χ0v) is 17.8. The second kappa shape index (κ2) is 8.41. The molecule has 0 saturated carbocycles. The largest absolute Gasteiger partial charge is 0.420 e. The van der Waals surface area contributed by atoms with Gasteiger partial charge in [-0.3, -0.25) is 0 Å². The molecule has 1 atom stereocenters. The Bertz CT molecular complexity index is 1350. The highest BCUT2D eigenvalue weighted by molar-refractivity contribution is 7.87. The monoisotopic (exact) mass is 456 g/mol. The maximum absolute atomic E-state index is 13.9. The molecule has 0 spiro atoms. The third-order valence-corrected chi connectivity index (χ3v) is 6.55. The number of halogens is 3. The summed E-state index contributed by atoms with van der Waals surface area (Å²) in [7, 11) is -4.72. The van der Waals surface area contributed by atoms with Gasteiger partial charge < -0.3 is 0 Å². The van der Waals surface area contributed by atoms with Crippen molar-refractivity contribution >= 4 is 20.9 Å². The Kier molecular flexibility index (Phi) is 5.79. The third kappa shape index (κ3) is 4.40. The number of alkyl halides is 3. The Balaban J connectivity index is 1.72. The highest BCUT2D eigenvalue weighted by Crippen LogP contribution is 2.40. The standard InChI is InChI=1S/C25H19F3O3S/c1-17-7-5-11-22-21(17)10-6-12-23(22)32(29,30)31-24(25(26,27)28)20-15-13-19(14-16-20)18-8-3-2-4-9-18/h2-16,24H,1H3. The molecule has 4 rings (SSSR count). The van der Waals surface area contributed by atoms with Crippen LogP contribution < -0.4 is 0 Å². The molecule has 0 amide bonds. The number of hydrogen-bond donors (Lipinski definition) is 0. The first-order valence-corrected chi connectivity index (χ1v) is 11.2. The fourth-order valence-corrected chi connectivity index (χ4v) is 4.88. The second-order valence-electron chi connectivity index (χ2n) is 7.39. The molecule has 0 aliphatic carbocycles. The van der Waals surface area contributed by atoms with Gasteiger partial charge >= 0.3 is 6.18 Å². The zero-order valence-electron chi connectivity index (χ0n) is 17.0. The van der Waals surface area contributed by atoms with Gasteiger partial charge in [-0.15, -0.1) is 0 Å². The number of aryl methyl sites for hydroxylation is 1. The molecular formula is C25H19F3O3S. The summed E-state index contributed by atoms with van der Waals surface area (Å²) in [6.45, 7) is 1.80. The minimum absolute atomic E-state index is 0.294. The van der Waals surface area contributed by atoms with Gasteiger partial charge in [0.2, 0.25) is 0 Å². The lowest BCUT2D eigenvalue weighted by molar-refractivity contribution is -0.196. The first-order valence-electron chi connectivity index (χ1n) is 9.80. The van der Waals surface area contributed by atoms with Crippen LogP contribution in [0.2, 0.25) is 0 Å². The van der Waals surface area contributed by atoms with Crippen molar-refractivity contribution in [3.63, 3.8) is 0 Å². The zero-order chi connectivity index (χ0) is 22.9. The molecule has 7 heteroatoms. The average Bonchev–Trinajstić information content (AvgIpc) is 2.77. The highest BCUT2D eigenvalue weighted by atomic mass is 32.2. The van der Waals surface area contributed by atoms with Gasteiger partial charge in [-0.1, -0.05) is 84.9 Å². The van der Waals surface area contributed by atoms with Gasteiger partial charge in [-0.25, -0.2) is 4.18 Å². The molecule has 164 valence electrons. The van der Waals surface area contributed by atoms with Crippen LogP contribution in [0.25, 0.3) is 21.9 Å². The Morgan fingerprint density at radius 2 is 1.31 bits per heavy atom. The van der Waals surface area contributed by atoms with Crippen LogP contribution in [-0.2, 0) is 14.3 Å². The Labute approximate surface area is 184 Å². The molecule has 0 saturated heterocycles. The molecule has 3 nitrogen and oxygen atoms in total. The number of fused-ring (bicyclic) bond motifs is 1. The molecular weight excluding hydrogens is 437 g/mol. The Hall–Kier alpha value is -3.16. The van der Waals surface area contributed by atoms with Crippen LogP contribution in [0.15, 0.2) is 95.9 Å². The minimum atomic E-state index is -4.93. The van der Waals surface area contributed by atoms with Crippen LogP contribution in [-0.4, -0.2) is 14.6 Å². The number of rotatable bonds is 5. The first kappa shape index (κ1) is 22.0. The van der Waals surface area contributed by atoms with E-state index in [4.69, 9.17) is 4.18 Å². The van der Waals surface area contributed by atoms with Gasteiger partial charge in [0.1, 0.15) is 4.90 Å². The smallest absolute Gasteiger partial charge is 0.248 e. The summed E-state index contributed by atoms with van der Waals surface area (Å²) in [5.74, 6) is 0. The van der Waals surface area contributed by atoms with Crippen LogP contribution in [0.5, 0.6) is 0 Å².